The van der Waals surface area contributed by atoms with Gasteiger partial charge in [0.1, 0.15) is 0 Å². The number of carbonyl (C=O) groups excluding carboxylic acids is 1. The molecule has 0 aromatic carbocycles. The standard InChI is InChI=1S/C6H12O2.H3N/c1-3-4-5-8-6(2)7;/h3-5H2,1-2H3;1H3. The van der Waals surface area contributed by atoms with E-state index in [-0.39, 0.29) is 12.1 Å². The monoisotopic (exact) mass is 133 g/mol. The molecule has 0 atom stereocenters. The quantitative estimate of drug-likeness (QED) is 0.469. The third-order valence-corrected chi connectivity index (χ3v) is 0.803. The van der Waals surface area contributed by atoms with Crippen LogP contribution in [-0.2, 0) is 9.53 Å². The fourth-order valence-corrected chi connectivity index (χ4v) is 0.360. The second-order valence-corrected chi connectivity index (χ2v) is 1.69. The molecule has 0 saturated carbocycles. The normalized spacial score (nSPS) is 7.78. The van der Waals surface area contributed by atoms with E-state index in [2.05, 4.69) is 11.7 Å². The molecule has 3 heteroatoms. The van der Waals surface area contributed by atoms with Crippen molar-refractivity contribution < 1.29 is 9.53 Å². The summed E-state index contributed by atoms with van der Waals surface area (Å²) in [6.07, 6.45) is 2.05. The van der Waals surface area contributed by atoms with Gasteiger partial charge in [0, 0.05) is 6.92 Å². The Labute approximate surface area is 56.0 Å². The van der Waals surface area contributed by atoms with E-state index >= 15 is 0 Å². The zero-order valence-electron chi connectivity index (χ0n) is 6.14. The summed E-state index contributed by atoms with van der Waals surface area (Å²) in [6, 6.07) is 0. The van der Waals surface area contributed by atoms with E-state index in [0.717, 1.165) is 12.8 Å². The van der Waals surface area contributed by atoms with Crippen molar-refractivity contribution in [2.75, 3.05) is 6.61 Å². The van der Waals surface area contributed by atoms with E-state index in [1.807, 2.05) is 0 Å². The van der Waals surface area contributed by atoms with E-state index in [1.165, 1.54) is 6.92 Å². The number of esters is 1. The Bertz CT molecular complexity index is 73.5. The Balaban J connectivity index is 0. The topological polar surface area (TPSA) is 61.3 Å². The lowest BCUT2D eigenvalue weighted by Gasteiger charge is -1.96. The molecular weight excluding hydrogens is 118 g/mol. The van der Waals surface area contributed by atoms with Crippen molar-refractivity contribution >= 4 is 5.97 Å². The molecule has 0 spiro atoms. The Kier molecular flexibility index (Phi) is 9.29. The average Bonchev–Trinajstić information content (AvgIpc) is 1.66. The lowest BCUT2D eigenvalue weighted by atomic mass is 10.4. The summed E-state index contributed by atoms with van der Waals surface area (Å²) in [6.45, 7) is 4.06. The Hall–Kier alpha value is -0.570. The second kappa shape index (κ2) is 7.43. The molecule has 0 saturated heterocycles. The minimum Gasteiger partial charge on any atom is -0.466 e. The van der Waals surface area contributed by atoms with Crippen molar-refractivity contribution in [1.82, 2.24) is 6.15 Å². The van der Waals surface area contributed by atoms with Gasteiger partial charge in [-0.2, -0.15) is 0 Å². The Morgan fingerprint density at radius 3 is 2.44 bits per heavy atom. The van der Waals surface area contributed by atoms with Crippen molar-refractivity contribution in [3.63, 3.8) is 0 Å². The van der Waals surface area contributed by atoms with Crippen molar-refractivity contribution in [2.45, 2.75) is 26.7 Å². The molecule has 0 amide bonds. The van der Waals surface area contributed by atoms with Crippen molar-refractivity contribution in [1.29, 1.82) is 0 Å². The largest absolute Gasteiger partial charge is 0.466 e. The summed E-state index contributed by atoms with van der Waals surface area (Å²) in [4.78, 5) is 10.1. The van der Waals surface area contributed by atoms with Crippen LogP contribution in [0.25, 0.3) is 0 Å². The molecule has 0 rings (SSSR count). The molecule has 0 bridgehead atoms. The fourth-order valence-electron chi connectivity index (χ4n) is 0.360. The van der Waals surface area contributed by atoms with Crippen LogP contribution in [0.2, 0.25) is 0 Å². The molecular formula is C6H15NO2. The van der Waals surface area contributed by atoms with Crippen LogP contribution in [-0.4, -0.2) is 12.6 Å². The average molecular weight is 133 g/mol. The number of rotatable bonds is 3. The van der Waals surface area contributed by atoms with Crippen LogP contribution < -0.4 is 6.15 Å². The third kappa shape index (κ3) is 11.2. The minimum atomic E-state index is -0.182. The highest BCUT2D eigenvalue weighted by Crippen LogP contribution is 1.86. The molecule has 0 heterocycles. The van der Waals surface area contributed by atoms with Gasteiger partial charge in [0.25, 0.3) is 0 Å². The molecule has 0 unspecified atom stereocenters. The molecule has 0 aromatic heterocycles. The molecule has 0 aliphatic carbocycles. The highest BCUT2D eigenvalue weighted by Gasteiger charge is 1.88. The molecule has 0 fully saturated rings. The van der Waals surface area contributed by atoms with Gasteiger partial charge in [0.15, 0.2) is 0 Å². The molecule has 0 aliphatic heterocycles. The van der Waals surface area contributed by atoms with Crippen LogP contribution in [0.4, 0.5) is 0 Å². The molecule has 0 aliphatic rings. The van der Waals surface area contributed by atoms with Crippen LogP contribution in [0, 0.1) is 0 Å². The third-order valence-electron chi connectivity index (χ3n) is 0.803. The van der Waals surface area contributed by atoms with Crippen LogP contribution in [0.1, 0.15) is 26.7 Å². The van der Waals surface area contributed by atoms with Crippen LogP contribution in [0.15, 0.2) is 0 Å². The van der Waals surface area contributed by atoms with E-state index in [4.69, 9.17) is 0 Å². The summed E-state index contributed by atoms with van der Waals surface area (Å²) in [7, 11) is 0. The van der Waals surface area contributed by atoms with Crippen molar-refractivity contribution in [2.24, 2.45) is 0 Å². The lowest BCUT2D eigenvalue weighted by molar-refractivity contribution is -0.141. The predicted molar refractivity (Wildman–Crippen MR) is 36.6 cm³/mol. The molecule has 0 aromatic rings. The van der Waals surface area contributed by atoms with E-state index in [0.29, 0.717) is 6.61 Å². The minimum absolute atomic E-state index is 0. The van der Waals surface area contributed by atoms with Crippen molar-refractivity contribution in [3.05, 3.63) is 0 Å². The first-order chi connectivity index (χ1) is 3.77. The van der Waals surface area contributed by atoms with Crippen LogP contribution >= 0.6 is 0 Å². The van der Waals surface area contributed by atoms with Gasteiger partial charge in [0.05, 0.1) is 6.61 Å². The van der Waals surface area contributed by atoms with E-state index < -0.39 is 0 Å². The summed E-state index contributed by atoms with van der Waals surface area (Å²) < 4.78 is 4.64. The zero-order valence-corrected chi connectivity index (χ0v) is 6.14. The number of ether oxygens (including phenoxy) is 1. The van der Waals surface area contributed by atoms with Gasteiger partial charge >= 0.3 is 5.97 Å². The van der Waals surface area contributed by atoms with Gasteiger partial charge in [-0.3, -0.25) is 4.79 Å². The summed E-state index contributed by atoms with van der Waals surface area (Å²) in [5.74, 6) is -0.182. The SMILES string of the molecule is CCCCOC(C)=O.N. The maximum absolute atomic E-state index is 10.1. The summed E-state index contributed by atoms with van der Waals surface area (Å²) in [5, 5.41) is 0. The van der Waals surface area contributed by atoms with Gasteiger partial charge in [-0.05, 0) is 6.42 Å². The van der Waals surface area contributed by atoms with Gasteiger partial charge in [0.2, 0.25) is 0 Å². The predicted octanol–water partition coefficient (Wildman–Crippen LogP) is 1.51. The number of hydrogen-bond donors (Lipinski definition) is 1. The van der Waals surface area contributed by atoms with Crippen LogP contribution in [0.5, 0.6) is 0 Å². The molecule has 9 heavy (non-hydrogen) atoms. The molecule has 0 radical (unpaired) electrons. The van der Waals surface area contributed by atoms with Gasteiger partial charge in [-0.1, -0.05) is 13.3 Å². The Morgan fingerprint density at radius 1 is 1.56 bits per heavy atom. The Morgan fingerprint density at radius 2 is 2.11 bits per heavy atom. The first kappa shape index (κ1) is 11.3. The first-order valence-corrected chi connectivity index (χ1v) is 2.90. The van der Waals surface area contributed by atoms with Gasteiger partial charge in [-0.25, -0.2) is 0 Å². The molecule has 56 valence electrons. The second-order valence-electron chi connectivity index (χ2n) is 1.69. The van der Waals surface area contributed by atoms with Gasteiger partial charge in [-0.15, -0.1) is 0 Å². The first-order valence-electron chi connectivity index (χ1n) is 2.90. The number of carbonyl (C=O) groups is 1. The zero-order chi connectivity index (χ0) is 6.41. The maximum Gasteiger partial charge on any atom is 0.302 e. The highest BCUT2D eigenvalue weighted by molar-refractivity contribution is 5.65. The summed E-state index contributed by atoms with van der Waals surface area (Å²) >= 11 is 0. The molecule has 3 N–H and O–H groups in total. The van der Waals surface area contributed by atoms with Crippen LogP contribution in [0.3, 0.4) is 0 Å². The van der Waals surface area contributed by atoms with E-state index in [9.17, 15) is 4.79 Å². The van der Waals surface area contributed by atoms with Crippen molar-refractivity contribution in [3.8, 4) is 0 Å². The van der Waals surface area contributed by atoms with E-state index in [1.54, 1.807) is 0 Å². The fraction of sp³-hybridized carbons (Fsp3) is 0.833. The number of hydrogen-bond acceptors (Lipinski definition) is 3. The van der Waals surface area contributed by atoms with Gasteiger partial charge < -0.3 is 10.9 Å². The lowest BCUT2D eigenvalue weighted by Crippen LogP contribution is -1.99. The number of unbranched alkanes of at least 4 members (excludes halogenated alkanes) is 1. The highest BCUT2D eigenvalue weighted by atomic mass is 16.5. The maximum atomic E-state index is 10.1. The molecule has 3 nitrogen and oxygen atoms in total. The summed E-state index contributed by atoms with van der Waals surface area (Å²) in [5.41, 5.74) is 0. The smallest absolute Gasteiger partial charge is 0.302 e.